The molecule has 0 aromatic rings. The van der Waals surface area contributed by atoms with E-state index in [1.165, 1.54) is 0 Å². The zero-order valence-corrected chi connectivity index (χ0v) is 11.1. The Morgan fingerprint density at radius 2 is 1.36 bits per heavy atom. The Morgan fingerprint density at radius 3 is 1.64 bits per heavy atom. The zero-order valence-electron chi connectivity index (χ0n) is 8.09. The predicted octanol–water partition coefficient (Wildman–Crippen LogP) is 2.53. The monoisotopic (exact) mass is 210 g/mol. The number of hydrogen-bond acceptors (Lipinski definition) is 2. The van der Waals surface area contributed by atoms with Crippen LogP contribution in [0.4, 0.5) is 0 Å². The minimum atomic E-state index is -1.10. The van der Waals surface area contributed by atoms with Crippen molar-refractivity contribution in [2.75, 3.05) is 0 Å². The van der Waals surface area contributed by atoms with Gasteiger partial charge in [0.15, 0.2) is 0 Å². The SMILES string of the molecule is CCC(C)[O][Zn][O]C(C)CC. The van der Waals surface area contributed by atoms with Gasteiger partial charge in [0.2, 0.25) is 0 Å². The van der Waals surface area contributed by atoms with E-state index in [4.69, 9.17) is 7.13 Å². The quantitative estimate of drug-likeness (QED) is 0.629. The third-order valence-corrected chi connectivity index (χ3v) is 4.81. The van der Waals surface area contributed by atoms with Gasteiger partial charge in [0.25, 0.3) is 0 Å². The van der Waals surface area contributed by atoms with Crippen molar-refractivity contribution in [3.05, 3.63) is 0 Å². The fourth-order valence-electron chi connectivity index (χ4n) is 0.507. The summed E-state index contributed by atoms with van der Waals surface area (Å²) in [5, 5.41) is 0. The second kappa shape index (κ2) is 7.21. The van der Waals surface area contributed by atoms with E-state index in [9.17, 15) is 0 Å². The van der Waals surface area contributed by atoms with Crippen LogP contribution in [0.1, 0.15) is 40.5 Å². The number of rotatable bonds is 6. The van der Waals surface area contributed by atoms with Crippen molar-refractivity contribution in [3.8, 4) is 0 Å². The average Bonchev–Trinajstić information content (AvgIpc) is 2.04. The van der Waals surface area contributed by atoms with Gasteiger partial charge < -0.3 is 0 Å². The fraction of sp³-hybridized carbons (Fsp3) is 1.00. The molecule has 0 aliphatic carbocycles. The first kappa shape index (κ1) is 11.5. The predicted molar refractivity (Wildman–Crippen MR) is 41.7 cm³/mol. The van der Waals surface area contributed by atoms with E-state index in [2.05, 4.69) is 27.7 Å². The molecule has 0 radical (unpaired) electrons. The second-order valence-electron chi connectivity index (χ2n) is 2.89. The van der Waals surface area contributed by atoms with Gasteiger partial charge in [0.05, 0.1) is 0 Å². The van der Waals surface area contributed by atoms with E-state index in [1.807, 2.05) is 0 Å². The van der Waals surface area contributed by atoms with Crippen molar-refractivity contribution < 1.29 is 25.0 Å². The van der Waals surface area contributed by atoms with E-state index in [1.54, 1.807) is 0 Å². The second-order valence-corrected chi connectivity index (χ2v) is 4.78. The van der Waals surface area contributed by atoms with Gasteiger partial charge in [0, 0.05) is 0 Å². The van der Waals surface area contributed by atoms with Gasteiger partial charge in [-0.1, -0.05) is 0 Å². The van der Waals surface area contributed by atoms with Gasteiger partial charge in [-0.2, -0.15) is 0 Å². The molecule has 2 atom stereocenters. The molecule has 0 aromatic heterocycles. The molecule has 64 valence electrons. The average molecular weight is 212 g/mol. The van der Waals surface area contributed by atoms with Crippen molar-refractivity contribution in [3.63, 3.8) is 0 Å². The van der Waals surface area contributed by atoms with Crippen molar-refractivity contribution in [2.45, 2.75) is 52.7 Å². The molecule has 0 saturated carbocycles. The Kier molecular flexibility index (Phi) is 7.56. The topological polar surface area (TPSA) is 18.5 Å². The first-order valence-electron chi connectivity index (χ1n) is 4.43. The summed E-state index contributed by atoms with van der Waals surface area (Å²) in [7, 11) is 0. The molecule has 0 N–H and O–H groups in total. The van der Waals surface area contributed by atoms with Crippen LogP contribution in [-0.2, 0) is 25.0 Å². The molecule has 0 bridgehead atoms. The van der Waals surface area contributed by atoms with Gasteiger partial charge in [-0.15, -0.1) is 0 Å². The summed E-state index contributed by atoms with van der Waals surface area (Å²) in [4.78, 5) is 0. The molecule has 0 amide bonds. The summed E-state index contributed by atoms with van der Waals surface area (Å²) in [5.74, 6) is 0. The van der Waals surface area contributed by atoms with Gasteiger partial charge in [0.1, 0.15) is 0 Å². The summed E-state index contributed by atoms with van der Waals surface area (Å²) >= 11 is -1.10. The summed E-state index contributed by atoms with van der Waals surface area (Å²) in [6.45, 7) is 8.47. The maximum absolute atomic E-state index is 5.53. The Balaban J connectivity index is 3.13. The van der Waals surface area contributed by atoms with Crippen LogP contribution in [0.3, 0.4) is 0 Å². The molecule has 0 spiro atoms. The molecule has 2 unspecified atom stereocenters. The van der Waals surface area contributed by atoms with E-state index in [0.717, 1.165) is 12.8 Å². The van der Waals surface area contributed by atoms with Crippen molar-refractivity contribution in [2.24, 2.45) is 0 Å². The molecule has 3 heteroatoms. The standard InChI is InChI=1S/2C4H9O.Zn/c2*1-3-4(2)5;/h2*4H,3H2,1-2H3;/q2*-1;+2. The van der Waals surface area contributed by atoms with E-state index < -0.39 is 17.8 Å². The Hall–Kier alpha value is 0.543. The third-order valence-electron chi connectivity index (χ3n) is 1.85. The van der Waals surface area contributed by atoms with Crippen LogP contribution in [0.2, 0.25) is 0 Å². The van der Waals surface area contributed by atoms with Crippen molar-refractivity contribution >= 4 is 0 Å². The van der Waals surface area contributed by atoms with Gasteiger partial charge in [-0.3, -0.25) is 0 Å². The van der Waals surface area contributed by atoms with Crippen LogP contribution < -0.4 is 0 Å². The summed E-state index contributed by atoms with van der Waals surface area (Å²) in [6, 6.07) is 0. The first-order valence-corrected chi connectivity index (χ1v) is 6.86. The van der Waals surface area contributed by atoms with Gasteiger partial charge in [-0.05, 0) is 0 Å². The zero-order chi connectivity index (χ0) is 8.69. The van der Waals surface area contributed by atoms with Crippen molar-refractivity contribution in [1.82, 2.24) is 0 Å². The summed E-state index contributed by atoms with van der Waals surface area (Å²) in [5.41, 5.74) is 0. The van der Waals surface area contributed by atoms with Crippen LogP contribution in [0.15, 0.2) is 0 Å². The third kappa shape index (κ3) is 6.92. The Labute approximate surface area is 78.1 Å². The van der Waals surface area contributed by atoms with Gasteiger partial charge >= 0.3 is 77.7 Å². The van der Waals surface area contributed by atoms with Crippen LogP contribution in [0.25, 0.3) is 0 Å². The molecule has 0 rings (SSSR count). The summed E-state index contributed by atoms with van der Waals surface area (Å²) < 4.78 is 11.1. The molecule has 0 fully saturated rings. The maximum atomic E-state index is 5.53. The van der Waals surface area contributed by atoms with E-state index >= 15 is 0 Å². The van der Waals surface area contributed by atoms with Crippen molar-refractivity contribution in [1.29, 1.82) is 0 Å². The van der Waals surface area contributed by atoms with E-state index in [0.29, 0.717) is 12.2 Å². The first-order chi connectivity index (χ1) is 5.20. The Morgan fingerprint density at radius 1 is 1.00 bits per heavy atom. The molecular weight excluding hydrogens is 193 g/mol. The number of hydrogen-bond donors (Lipinski definition) is 0. The molecule has 0 saturated heterocycles. The molecular formula is C8H18O2Zn. The minimum absolute atomic E-state index is 0.402. The molecule has 0 aromatic carbocycles. The molecule has 0 aliphatic rings. The van der Waals surface area contributed by atoms with E-state index in [-0.39, 0.29) is 0 Å². The van der Waals surface area contributed by atoms with Gasteiger partial charge in [-0.25, -0.2) is 0 Å². The normalized spacial score (nSPS) is 15.6. The molecule has 0 aliphatic heterocycles. The molecule has 0 heterocycles. The van der Waals surface area contributed by atoms with Crippen LogP contribution in [0.5, 0.6) is 0 Å². The fourth-order valence-corrected chi connectivity index (χ4v) is 2.64. The Bertz CT molecular complexity index is 78.2. The van der Waals surface area contributed by atoms with Crippen LogP contribution in [-0.4, -0.2) is 12.2 Å². The van der Waals surface area contributed by atoms with Crippen LogP contribution in [0, 0.1) is 0 Å². The molecule has 11 heavy (non-hydrogen) atoms. The molecule has 2 nitrogen and oxygen atoms in total. The summed E-state index contributed by atoms with van der Waals surface area (Å²) in [6.07, 6.45) is 2.99. The van der Waals surface area contributed by atoms with Crippen LogP contribution >= 0.6 is 0 Å².